The summed E-state index contributed by atoms with van der Waals surface area (Å²) in [6.45, 7) is 0. The lowest BCUT2D eigenvalue weighted by Crippen LogP contribution is -2.21. The lowest BCUT2D eigenvalue weighted by Gasteiger charge is -1.99. The number of amides is 1. The van der Waals surface area contributed by atoms with Crippen molar-refractivity contribution in [2.45, 2.75) is 6.42 Å². The molecule has 1 aromatic rings. The van der Waals surface area contributed by atoms with Crippen LogP contribution in [0.25, 0.3) is 0 Å². The molecule has 0 saturated carbocycles. The fraction of sp³-hybridized carbons (Fsp3) is 0.375. The van der Waals surface area contributed by atoms with Crippen LogP contribution in [0.4, 0.5) is 5.13 Å². The highest BCUT2D eigenvalue weighted by atomic mass is 32.2. The normalized spacial score (nSPS) is 11.1. The van der Waals surface area contributed by atoms with E-state index in [0.717, 1.165) is 17.6 Å². The third-order valence-electron chi connectivity index (χ3n) is 1.52. The minimum absolute atomic E-state index is 0.190. The van der Waals surface area contributed by atoms with Crippen LogP contribution in [-0.2, 0) is 25.8 Å². The van der Waals surface area contributed by atoms with Crippen LogP contribution >= 0.6 is 11.3 Å². The van der Waals surface area contributed by atoms with Crippen LogP contribution in [0, 0.1) is 0 Å². The smallest absolute Gasteiger partial charge is 0.309 e. The molecule has 0 bridgehead atoms. The molecule has 0 aliphatic rings. The number of anilines is 1. The van der Waals surface area contributed by atoms with Gasteiger partial charge in [-0.3, -0.25) is 9.59 Å². The highest BCUT2D eigenvalue weighted by Gasteiger charge is 2.13. The Morgan fingerprint density at radius 3 is 2.71 bits per heavy atom. The summed E-state index contributed by atoms with van der Waals surface area (Å²) in [7, 11) is -3.38. The standard InChI is InChI=1S/C8H10N2O5S2/c1-17(14,15)4-6(11)10-8-9-5(3-16-8)2-7(12)13/h3H,2,4H2,1H3,(H,12,13)(H,9,10,11). The minimum atomic E-state index is -3.38. The summed E-state index contributed by atoms with van der Waals surface area (Å²) >= 11 is 1.04. The number of carbonyl (C=O) groups excluding carboxylic acids is 1. The van der Waals surface area contributed by atoms with Crippen LogP contribution in [0.5, 0.6) is 0 Å². The molecule has 1 aromatic heterocycles. The van der Waals surface area contributed by atoms with Crippen LogP contribution < -0.4 is 5.32 Å². The Hall–Kier alpha value is -1.48. The third-order valence-corrected chi connectivity index (χ3v) is 3.12. The molecule has 9 heteroatoms. The van der Waals surface area contributed by atoms with Gasteiger partial charge in [0.15, 0.2) is 15.0 Å². The Morgan fingerprint density at radius 2 is 2.18 bits per heavy atom. The number of carbonyl (C=O) groups is 2. The van der Waals surface area contributed by atoms with E-state index in [0.29, 0.717) is 5.69 Å². The van der Waals surface area contributed by atoms with Gasteiger partial charge in [0.25, 0.3) is 0 Å². The highest BCUT2D eigenvalue weighted by molar-refractivity contribution is 7.91. The molecule has 0 radical (unpaired) electrons. The Morgan fingerprint density at radius 1 is 1.53 bits per heavy atom. The average Bonchev–Trinajstić information content (AvgIpc) is 2.46. The average molecular weight is 278 g/mol. The molecule has 1 rings (SSSR count). The number of aromatic nitrogens is 1. The van der Waals surface area contributed by atoms with E-state index >= 15 is 0 Å². The van der Waals surface area contributed by atoms with E-state index in [1.54, 1.807) is 0 Å². The lowest BCUT2D eigenvalue weighted by molar-refractivity contribution is -0.136. The van der Waals surface area contributed by atoms with Gasteiger partial charge in [0.1, 0.15) is 5.75 Å². The van der Waals surface area contributed by atoms with Crippen molar-refractivity contribution in [3.8, 4) is 0 Å². The van der Waals surface area contributed by atoms with Gasteiger partial charge >= 0.3 is 5.97 Å². The first kappa shape index (κ1) is 13.6. The monoisotopic (exact) mass is 278 g/mol. The van der Waals surface area contributed by atoms with E-state index in [4.69, 9.17) is 5.11 Å². The second-order valence-electron chi connectivity index (χ2n) is 3.33. The van der Waals surface area contributed by atoms with Gasteiger partial charge in [0.2, 0.25) is 5.91 Å². The molecule has 1 amide bonds. The van der Waals surface area contributed by atoms with Gasteiger partial charge in [-0.2, -0.15) is 0 Å². The zero-order chi connectivity index (χ0) is 13.1. The van der Waals surface area contributed by atoms with Crippen molar-refractivity contribution >= 4 is 38.2 Å². The van der Waals surface area contributed by atoms with Crippen molar-refractivity contribution in [2.75, 3.05) is 17.3 Å². The van der Waals surface area contributed by atoms with E-state index in [1.165, 1.54) is 5.38 Å². The van der Waals surface area contributed by atoms with E-state index in [9.17, 15) is 18.0 Å². The SMILES string of the molecule is CS(=O)(=O)CC(=O)Nc1nc(CC(=O)O)cs1. The summed E-state index contributed by atoms with van der Waals surface area (Å²) in [5, 5.41) is 12.5. The fourth-order valence-electron chi connectivity index (χ4n) is 0.994. The Bertz CT molecular complexity index is 534. The Labute approximate surface area is 101 Å². The number of thiazole rings is 1. The number of aliphatic carboxylic acids is 1. The fourth-order valence-corrected chi connectivity index (χ4v) is 2.27. The van der Waals surface area contributed by atoms with Gasteiger partial charge in [0, 0.05) is 11.6 Å². The topological polar surface area (TPSA) is 113 Å². The predicted octanol–water partition coefficient (Wildman–Crippen LogP) is -0.247. The van der Waals surface area contributed by atoms with E-state index in [1.807, 2.05) is 0 Å². The van der Waals surface area contributed by atoms with Crippen LogP contribution in [0.15, 0.2) is 5.38 Å². The van der Waals surface area contributed by atoms with Gasteiger partial charge in [-0.1, -0.05) is 0 Å². The number of nitrogens with zero attached hydrogens (tertiary/aromatic N) is 1. The zero-order valence-corrected chi connectivity index (χ0v) is 10.5. The molecule has 7 nitrogen and oxygen atoms in total. The third kappa shape index (κ3) is 5.41. The Balaban J connectivity index is 2.60. The van der Waals surface area contributed by atoms with Crippen molar-refractivity contribution in [1.82, 2.24) is 4.98 Å². The van der Waals surface area contributed by atoms with Gasteiger partial charge in [-0.05, 0) is 0 Å². The first-order valence-electron chi connectivity index (χ1n) is 4.40. The van der Waals surface area contributed by atoms with Crippen molar-refractivity contribution in [3.63, 3.8) is 0 Å². The molecule has 0 saturated heterocycles. The highest BCUT2D eigenvalue weighted by Crippen LogP contribution is 2.15. The molecule has 2 N–H and O–H groups in total. The molecule has 0 aliphatic heterocycles. The van der Waals surface area contributed by atoms with Crippen LogP contribution in [-0.4, -0.2) is 42.4 Å². The molecule has 0 atom stereocenters. The van der Waals surface area contributed by atoms with E-state index < -0.39 is 27.5 Å². The van der Waals surface area contributed by atoms with Gasteiger partial charge < -0.3 is 10.4 Å². The molecule has 1 heterocycles. The number of hydrogen-bond acceptors (Lipinski definition) is 6. The number of hydrogen-bond donors (Lipinski definition) is 2. The number of nitrogens with one attached hydrogen (secondary N) is 1. The second kappa shape index (κ2) is 5.23. The van der Waals surface area contributed by atoms with Crippen LogP contribution in [0.3, 0.4) is 0 Å². The summed E-state index contributed by atoms with van der Waals surface area (Å²) in [6, 6.07) is 0. The summed E-state index contributed by atoms with van der Waals surface area (Å²) in [5.74, 6) is -2.34. The van der Waals surface area contributed by atoms with Crippen LogP contribution in [0.2, 0.25) is 0 Å². The molecule has 0 aliphatic carbocycles. The van der Waals surface area contributed by atoms with E-state index in [2.05, 4.69) is 10.3 Å². The molecule has 0 aromatic carbocycles. The Kier molecular flexibility index (Phi) is 4.18. The maximum Gasteiger partial charge on any atom is 0.309 e. The molecular formula is C8H10N2O5S2. The maximum atomic E-state index is 11.2. The largest absolute Gasteiger partial charge is 0.481 e. The number of rotatable bonds is 5. The maximum absolute atomic E-state index is 11.2. The second-order valence-corrected chi connectivity index (χ2v) is 6.33. The first-order chi connectivity index (χ1) is 7.76. The summed E-state index contributed by atoms with van der Waals surface area (Å²) < 4.78 is 21.7. The molecule has 0 spiro atoms. The van der Waals surface area contributed by atoms with Gasteiger partial charge in [0.05, 0.1) is 12.1 Å². The zero-order valence-electron chi connectivity index (χ0n) is 8.84. The summed E-state index contributed by atoms with van der Waals surface area (Å²) in [4.78, 5) is 25.4. The van der Waals surface area contributed by atoms with Crippen LogP contribution in [0.1, 0.15) is 5.69 Å². The summed E-state index contributed by atoms with van der Waals surface area (Å²) in [6.07, 6.45) is 0.711. The lowest BCUT2D eigenvalue weighted by atomic mass is 10.3. The van der Waals surface area contributed by atoms with Gasteiger partial charge in [-0.15, -0.1) is 11.3 Å². The summed E-state index contributed by atoms with van der Waals surface area (Å²) in [5.41, 5.74) is 0.317. The van der Waals surface area contributed by atoms with Crippen molar-refractivity contribution in [3.05, 3.63) is 11.1 Å². The van der Waals surface area contributed by atoms with Crippen molar-refractivity contribution in [1.29, 1.82) is 0 Å². The number of sulfone groups is 1. The minimum Gasteiger partial charge on any atom is -0.481 e. The quantitative estimate of drug-likeness (QED) is 0.768. The molecule has 94 valence electrons. The number of carboxylic acid groups (broad SMARTS) is 1. The first-order valence-corrected chi connectivity index (χ1v) is 7.34. The van der Waals surface area contributed by atoms with Crippen molar-refractivity contribution in [2.24, 2.45) is 0 Å². The molecule has 17 heavy (non-hydrogen) atoms. The molecule has 0 unspecified atom stereocenters. The van der Waals surface area contributed by atoms with Gasteiger partial charge in [-0.25, -0.2) is 13.4 Å². The molecule has 0 fully saturated rings. The molecular weight excluding hydrogens is 268 g/mol. The van der Waals surface area contributed by atoms with Crippen molar-refractivity contribution < 1.29 is 23.1 Å². The number of carboxylic acids is 1. The van der Waals surface area contributed by atoms with E-state index in [-0.39, 0.29) is 11.6 Å². The predicted molar refractivity (Wildman–Crippen MR) is 61.8 cm³/mol.